The van der Waals surface area contributed by atoms with Crippen molar-refractivity contribution in [2.75, 3.05) is 0 Å². The van der Waals surface area contributed by atoms with E-state index in [2.05, 4.69) is 43.1 Å². The molecular weight excluding hydrogens is 310 g/mol. The predicted octanol–water partition coefficient (Wildman–Crippen LogP) is 5.22. The van der Waals surface area contributed by atoms with E-state index in [1.54, 1.807) is 6.08 Å². The summed E-state index contributed by atoms with van der Waals surface area (Å²) in [6, 6.07) is 21.8. The van der Waals surface area contributed by atoms with Crippen LogP contribution in [0.4, 0.5) is 0 Å². The lowest BCUT2D eigenvalue weighted by molar-refractivity contribution is -0.131. The van der Waals surface area contributed by atoms with Crippen LogP contribution in [-0.2, 0) is 11.2 Å². The van der Waals surface area contributed by atoms with Crippen molar-refractivity contribution in [1.82, 2.24) is 4.98 Å². The van der Waals surface area contributed by atoms with Crippen LogP contribution in [0.2, 0.25) is 0 Å². The van der Waals surface area contributed by atoms with Crippen LogP contribution in [0.25, 0.3) is 17.0 Å². The summed E-state index contributed by atoms with van der Waals surface area (Å²) < 4.78 is 0. The Morgan fingerprint density at radius 1 is 1.00 bits per heavy atom. The van der Waals surface area contributed by atoms with Crippen molar-refractivity contribution in [3.63, 3.8) is 0 Å². The van der Waals surface area contributed by atoms with Gasteiger partial charge >= 0.3 is 5.97 Å². The van der Waals surface area contributed by atoms with E-state index in [1.807, 2.05) is 42.5 Å². The van der Waals surface area contributed by atoms with Gasteiger partial charge in [0.25, 0.3) is 0 Å². The molecule has 0 saturated heterocycles. The van der Waals surface area contributed by atoms with Crippen molar-refractivity contribution in [3.8, 4) is 0 Å². The zero-order valence-electron chi connectivity index (χ0n) is 14.6. The van der Waals surface area contributed by atoms with E-state index in [1.165, 1.54) is 11.1 Å². The van der Waals surface area contributed by atoms with Gasteiger partial charge in [0.15, 0.2) is 0 Å². The number of hydrogen-bond acceptors (Lipinski definition) is 2. The highest BCUT2D eigenvalue weighted by molar-refractivity contribution is 5.85. The first-order valence-electron chi connectivity index (χ1n) is 8.35. The second-order valence-electron chi connectivity index (χ2n) is 6.18. The van der Waals surface area contributed by atoms with Crippen molar-refractivity contribution in [1.29, 1.82) is 0 Å². The molecule has 0 aliphatic heterocycles. The van der Waals surface area contributed by atoms with Gasteiger partial charge in [0.2, 0.25) is 0 Å². The average Bonchev–Trinajstić information content (AvgIpc) is 2.61. The molecule has 1 aromatic heterocycles. The number of aliphatic carboxylic acids is 1. The van der Waals surface area contributed by atoms with E-state index < -0.39 is 5.97 Å². The maximum atomic E-state index is 10.1. The van der Waals surface area contributed by atoms with Gasteiger partial charge in [0, 0.05) is 17.2 Å². The molecule has 3 rings (SSSR count). The average molecular weight is 333 g/mol. The van der Waals surface area contributed by atoms with Crippen LogP contribution in [0.15, 0.2) is 72.8 Å². The molecule has 0 aliphatic carbocycles. The number of benzene rings is 2. The summed E-state index contributed by atoms with van der Waals surface area (Å²) in [4.78, 5) is 14.7. The van der Waals surface area contributed by atoms with Gasteiger partial charge in [-0.05, 0) is 36.1 Å². The second-order valence-corrected chi connectivity index (χ2v) is 6.18. The van der Waals surface area contributed by atoms with Crippen LogP contribution in [-0.4, -0.2) is 16.1 Å². The molecule has 1 N–H and O–H groups in total. The standard InChI is InChI=1S/C13H15N.C9H8O2/c1-10(2)9-12-8-7-11-5-3-4-6-13(11)14-12;10-9(11)7-6-8-4-2-1-3-5-8/h3-8,10H,9H2,1-2H3;1-7H,(H,10,11). The van der Waals surface area contributed by atoms with Gasteiger partial charge < -0.3 is 5.11 Å². The topological polar surface area (TPSA) is 50.2 Å². The molecular formula is C22H23NO2. The largest absolute Gasteiger partial charge is 0.478 e. The van der Waals surface area contributed by atoms with Crippen LogP contribution in [0, 0.1) is 5.92 Å². The van der Waals surface area contributed by atoms with Gasteiger partial charge in [-0.15, -0.1) is 0 Å². The highest BCUT2D eigenvalue weighted by atomic mass is 16.4. The van der Waals surface area contributed by atoms with E-state index in [-0.39, 0.29) is 0 Å². The number of carboxylic acids is 1. The first kappa shape index (κ1) is 18.4. The molecule has 2 aromatic carbocycles. The molecule has 0 unspecified atom stereocenters. The molecule has 0 aliphatic rings. The van der Waals surface area contributed by atoms with Crippen LogP contribution < -0.4 is 0 Å². The Bertz CT molecular complexity index is 839. The molecule has 128 valence electrons. The first-order chi connectivity index (χ1) is 12.0. The predicted molar refractivity (Wildman–Crippen MR) is 103 cm³/mol. The number of rotatable bonds is 4. The quantitative estimate of drug-likeness (QED) is 0.666. The molecule has 0 radical (unpaired) electrons. The molecule has 0 bridgehead atoms. The minimum absolute atomic E-state index is 0.670. The minimum atomic E-state index is -0.922. The zero-order chi connectivity index (χ0) is 18.1. The lowest BCUT2D eigenvalue weighted by atomic mass is 10.1. The Morgan fingerprint density at radius 3 is 2.36 bits per heavy atom. The fraction of sp³-hybridized carbons (Fsp3) is 0.182. The molecule has 3 heteroatoms. The zero-order valence-corrected chi connectivity index (χ0v) is 14.6. The number of aromatic nitrogens is 1. The van der Waals surface area contributed by atoms with Crippen molar-refractivity contribution < 1.29 is 9.90 Å². The van der Waals surface area contributed by atoms with Crippen LogP contribution in [0.1, 0.15) is 25.1 Å². The minimum Gasteiger partial charge on any atom is -0.478 e. The summed E-state index contributed by atoms with van der Waals surface area (Å²) in [5.41, 5.74) is 3.19. The summed E-state index contributed by atoms with van der Waals surface area (Å²) in [7, 11) is 0. The summed E-state index contributed by atoms with van der Waals surface area (Å²) in [5, 5.41) is 9.51. The Kier molecular flexibility index (Phi) is 6.90. The molecule has 3 nitrogen and oxygen atoms in total. The highest BCUT2D eigenvalue weighted by Crippen LogP contribution is 2.13. The number of para-hydroxylation sites is 1. The van der Waals surface area contributed by atoms with E-state index in [4.69, 9.17) is 5.11 Å². The lowest BCUT2D eigenvalue weighted by Gasteiger charge is -2.04. The Balaban J connectivity index is 0.000000186. The smallest absolute Gasteiger partial charge is 0.328 e. The third kappa shape index (κ3) is 6.60. The number of carbonyl (C=O) groups is 1. The van der Waals surface area contributed by atoms with Gasteiger partial charge in [0.05, 0.1) is 5.52 Å². The number of carboxylic acid groups (broad SMARTS) is 1. The SMILES string of the molecule is CC(C)Cc1ccc2ccccc2n1.O=C(O)C=Cc1ccccc1. The number of fused-ring (bicyclic) bond motifs is 1. The second kappa shape index (κ2) is 9.38. The summed E-state index contributed by atoms with van der Waals surface area (Å²) in [6.45, 7) is 4.44. The molecule has 25 heavy (non-hydrogen) atoms. The van der Waals surface area contributed by atoms with E-state index in [9.17, 15) is 4.79 Å². The van der Waals surface area contributed by atoms with Gasteiger partial charge in [-0.3, -0.25) is 4.98 Å². The van der Waals surface area contributed by atoms with Crippen molar-refractivity contribution in [3.05, 3.63) is 84.1 Å². The molecule has 0 saturated carbocycles. The van der Waals surface area contributed by atoms with Crippen LogP contribution in [0.3, 0.4) is 0 Å². The summed E-state index contributed by atoms with van der Waals surface area (Å²) >= 11 is 0. The highest BCUT2D eigenvalue weighted by Gasteiger charge is 2.00. The number of nitrogens with zero attached hydrogens (tertiary/aromatic N) is 1. The van der Waals surface area contributed by atoms with Gasteiger partial charge in [-0.1, -0.05) is 68.4 Å². The molecule has 1 heterocycles. The Morgan fingerprint density at radius 2 is 1.68 bits per heavy atom. The number of hydrogen-bond donors (Lipinski definition) is 1. The maximum Gasteiger partial charge on any atom is 0.328 e. The van der Waals surface area contributed by atoms with Crippen LogP contribution >= 0.6 is 0 Å². The number of pyridine rings is 1. The summed E-state index contributed by atoms with van der Waals surface area (Å²) in [5.74, 6) is -0.252. The molecule has 0 amide bonds. The van der Waals surface area contributed by atoms with Crippen LogP contribution in [0.5, 0.6) is 0 Å². The third-order valence-electron chi connectivity index (χ3n) is 3.49. The Labute approximate surface area is 148 Å². The van der Waals surface area contributed by atoms with Crippen molar-refractivity contribution in [2.45, 2.75) is 20.3 Å². The van der Waals surface area contributed by atoms with Crippen molar-refractivity contribution in [2.24, 2.45) is 5.92 Å². The first-order valence-corrected chi connectivity index (χ1v) is 8.35. The fourth-order valence-electron chi connectivity index (χ4n) is 2.37. The van der Waals surface area contributed by atoms with E-state index in [0.29, 0.717) is 5.92 Å². The van der Waals surface area contributed by atoms with Crippen molar-refractivity contribution >= 4 is 22.9 Å². The van der Waals surface area contributed by atoms with Gasteiger partial charge in [0.1, 0.15) is 0 Å². The fourth-order valence-corrected chi connectivity index (χ4v) is 2.37. The van der Waals surface area contributed by atoms with E-state index >= 15 is 0 Å². The monoisotopic (exact) mass is 333 g/mol. The molecule has 0 atom stereocenters. The van der Waals surface area contributed by atoms with E-state index in [0.717, 1.165) is 23.6 Å². The normalized spacial score (nSPS) is 10.7. The molecule has 0 spiro atoms. The Hall–Kier alpha value is -2.94. The third-order valence-corrected chi connectivity index (χ3v) is 3.49. The van der Waals surface area contributed by atoms with Gasteiger partial charge in [-0.25, -0.2) is 4.79 Å². The molecule has 0 fully saturated rings. The summed E-state index contributed by atoms with van der Waals surface area (Å²) in [6.07, 6.45) is 3.74. The maximum absolute atomic E-state index is 10.1. The van der Waals surface area contributed by atoms with Gasteiger partial charge in [-0.2, -0.15) is 0 Å². The lowest BCUT2D eigenvalue weighted by Crippen LogP contribution is -1.96. The molecule has 3 aromatic rings.